The van der Waals surface area contributed by atoms with Crippen LogP contribution in [0, 0.1) is 6.92 Å². The van der Waals surface area contributed by atoms with Gasteiger partial charge in [-0.2, -0.15) is 0 Å². The van der Waals surface area contributed by atoms with E-state index in [0.717, 1.165) is 49.9 Å². The molecule has 5 heteroatoms. The molecule has 2 heterocycles. The van der Waals surface area contributed by atoms with E-state index in [9.17, 15) is 0 Å². The molecule has 0 atom stereocenters. The van der Waals surface area contributed by atoms with Gasteiger partial charge >= 0.3 is 0 Å². The molecule has 0 bridgehead atoms. The number of hydrogen-bond donors (Lipinski definition) is 1. The Balaban J connectivity index is 2.27. The molecule has 0 radical (unpaired) electrons. The summed E-state index contributed by atoms with van der Waals surface area (Å²) in [5, 5.41) is 3.37. The average molecular weight is 222 g/mol. The molecule has 0 aromatic carbocycles. The molecule has 0 unspecified atom stereocenters. The van der Waals surface area contributed by atoms with E-state index in [1.165, 1.54) is 0 Å². The molecule has 1 aliphatic rings. The van der Waals surface area contributed by atoms with Gasteiger partial charge in [-0.3, -0.25) is 0 Å². The first kappa shape index (κ1) is 11.1. The largest absolute Gasteiger partial charge is 0.491 e. The predicted octanol–water partition coefficient (Wildman–Crippen LogP) is 0.593. The van der Waals surface area contributed by atoms with Crippen molar-refractivity contribution in [1.29, 1.82) is 0 Å². The second-order valence-electron chi connectivity index (χ2n) is 3.91. The fraction of sp³-hybridized carbons (Fsp3) is 0.636. The highest BCUT2D eigenvalue weighted by Crippen LogP contribution is 2.27. The van der Waals surface area contributed by atoms with Crippen molar-refractivity contribution < 1.29 is 4.74 Å². The lowest BCUT2D eigenvalue weighted by molar-refractivity contribution is 0.406. The highest BCUT2D eigenvalue weighted by atomic mass is 16.5. The maximum Gasteiger partial charge on any atom is 0.182 e. The van der Waals surface area contributed by atoms with Crippen LogP contribution in [0.1, 0.15) is 12.1 Å². The van der Waals surface area contributed by atoms with E-state index in [2.05, 4.69) is 20.2 Å². The zero-order chi connectivity index (χ0) is 11.4. The summed E-state index contributed by atoms with van der Waals surface area (Å²) in [6, 6.07) is 0. The van der Waals surface area contributed by atoms with Crippen molar-refractivity contribution >= 4 is 5.82 Å². The molecule has 0 aliphatic carbocycles. The maximum absolute atomic E-state index is 5.38. The molecule has 16 heavy (non-hydrogen) atoms. The molecule has 1 aromatic heterocycles. The van der Waals surface area contributed by atoms with Gasteiger partial charge in [0.25, 0.3) is 0 Å². The summed E-state index contributed by atoms with van der Waals surface area (Å²) in [5.41, 5.74) is 0.893. The lowest BCUT2D eigenvalue weighted by Gasteiger charge is -2.23. The maximum atomic E-state index is 5.38. The number of methoxy groups -OCH3 is 1. The van der Waals surface area contributed by atoms with Gasteiger partial charge in [0, 0.05) is 19.6 Å². The Bertz CT molecular complexity index is 348. The van der Waals surface area contributed by atoms with E-state index in [1.807, 2.05) is 6.92 Å². The molecule has 5 nitrogen and oxygen atoms in total. The molecular weight excluding hydrogens is 204 g/mol. The summed E-state index contributed by atoms with van der Waals surface area (Å²) < 4.78 is 5.38. The molecule has 1 N–H and O–H groups in total. The average Bonchev–Trinajstić information content (AvgIpc) is 2.57. The quantitative estimate of drug-likeness (QED) is 0.794. The van der Waals surface area contributed by atoms with Crippen LogP contribution in [0.4, 0.5) is 5.82 Å². The van der Waals surface area contributed by atoms with Gasteiger partial charge in [-0.15, -0.1) is 0 Å². The van der Waals surface area contributed by atoms with Crippen molar-refractivity contribution in [3.8, 4) is 5.75 Å². The van der Waals surface area contributed by atoms with Crippen molar-refractivity contribution in [2.45, 2.75) is 13.3 Å². The molecular formula is C11H18N4O. The highest BCUT2D eigenvalue weighted by molar-refractivity contribution is 5.54. The van der Waals surface area contributed by atoms with Gasteiger partial charge in [-0.25, -0.2) is 9.97 Å². The van der Waals surface area contributed by atoms with E-state index in [0.29, 0.717) is 0 Å². The van der Waals surface area contributed by atoms with Crippen molar-refractivity contribution in [3.63, 3.8) is 0 Å². The SMILES string of the molecule is COc1c(C)ncnc1N1CCCNCC1. The topological polar surface area (TPSA) is 50.3 Å². The van der Waals surface area contributed by atoms with Gasteiger partial charge in [0.1, 0.15) is 6.33 Å². The Kier molecular flexibility index (Phi) is 3.56. The van der Waals surface area contributed by atoms with E-state index in [-0.39, 0.29) is 0 Å². The zero-order valence-corrected chi connectivity index (χ0v) is 9.86. The zero-order valence-electron chi connectivity index (χ0n) is 9.86. The molecule has 0 spiro atoms. The second kappa shape index (κ2) is 5.12. The lowest BCUT2D eigenvalue weighted by atomic mass is 10.3. The summed E-state index contributed by atoms with van der Waals surface area (Å²) in [4.78, 5) is 10.7. The number of aryl methyl sites for hydroxylation is 1. The number of nitrogens with zero attached hydrogens (tertiary/aromatic N) is 3. The normalized spacial score (nSPS) is 17.0. The number of nitrogens with one attached hydrogen (secondary N) is 1. The van der Waals surface area contributed by atoms with Crippen LogP contribution < -0.4 is 15.0 Å². The minimum Gasteiger partial charge on any atom is -0.491 e. The van der Waals surface area contributed by atoms with Crippen LogP contribution in [0.3, 0.4) is 0 Å². The van der Waals surface area contributed by atoms with Gasteiger partial charge < -0.3 is 15.0 Å². The summed E-state index contributed by atoms with van der Waals surface area (Å²) in [5.74, 6) is 1.71. The molecule has 1 fully saturated rings. The Morgan fingerprint density at radius 3 is 3.00 bits per heavy atom. The third-order valence-corrected chi connectivity index (χ3v) is 2.81. The first-order chi connectivity index (χ1) is 7.83. The summed E-state index contributed by atoms with van der Waals surface area (Å²) in [6.07, 6.45) is 2.73. The Morgan fingerprint density at radius 1 is 1.31 bits per heavy atom. The fourth-order valence-corrected chi connectivity index (χ4v) is 1.97. The predicted molar refractivity (Wildman–Crippen MR) is 63.0 cm³/mol. The second-order valence-corrected chi connectivity index (χ2v) is 3.91. The van der Waals surface area contributed by atoms with Crippen LogP contribution in [0.5, 0.6) is 5.75 Å². The van der Waals surface area contributed by atoms with Crippen molar-refractivity contribution in [1.82, 2.24) is 15.3 Å². The van der Waals surface area contributed by atoms with E-state index < -0.39 is 0 Å². The molecule has 88 valence electrons. The first-order valence-electron chi connectivity index (χ1n) is 5.64. The minimum atomic E-state index is 0.796. The van der Waals surface area contributed by atoms with Crippen LogP contribution in [0.15, 0.2) is 6.33 Å². The monoisotopic (exact) mass is 222 g/mol. The molecule has 0 saturated carbocycles. The lowest BCUT2D eigenvalue weighted by Crippen LogP contribution is -2.29. The van der Waals surface area contributed by atoms with Gasteiger partial charge in [0.05, 0.1) is 12.8 Å². The van der Waals surface area contributed by atoms with E-state index in [1.54, 1.807) is 13.4 Å². The van der Waals surface area contributed by atoms with Crippen LogP contribution in [0.2, 0.25) is 0 Å². The third kappa shape index (κ3) is 2.24. The molecule has 1 saturated heterocycles. The van der Waals surface area contributed by atoms with E-state index in [4.69, 9.17) is 4.74 Å². The molecule has 1 aliphatic heterocycles. The van der Waals surface area contributed by atoms with Crippen molar-refractivity contribution in [3.05, 3.63) is 12.0 Å². The number of ether oxygens (including phenoxy) is 1. The van der Waals surface area contributed by atoms with Crippen LogP contribution >= 0.6 is 0 Å². The number of hydrogen-bond acceptors (Lipinski definition) is 5. The standard InChI is InChI=1S/C11H18N4O/c1-9-10(16-2)11(14-8-13-9)15-6-3-4-12-5-7-15/h8,12H,3-7H2,1-2H3. The van der Waals surface area contributed by atoms with Crippen LogP contribution in [-0.2, 0) is 0 Å². The van der Waals surface area contributed by atoms with E-state index >= 15 is 0 Å². The van der Waals surface area contributed by atoms with Crippen molar-refractivity contribution in [2.24, 2.45) is 0 Å². The van der Waals surface area contributed by atoms with Gasteiger partial charge in [0.15, 0.2) is 11.6 Å². The number of rotatable bonds is 2. The van der Waals surface area contributed by atoms with Crippen molar-refractivity contribution in [2.75, 3.05) is 38.2 Å². The van der Waals surface area contributed by atoms with Crippen LogP contribution in [-0.4, -0.2) is 43.3 Å². The molecule has 2 rings (SSSR count). The van der Waals surface area contributed by atoms with Gasteiger partial charge in [-0.1, -0.05) is 0 Å². The Hall–Kier alpha value is -1.36. The summed E-state index contributed by atoms with van der Waals surface area (Å²) >= 11 is 0. The smallest absolute Gasteiger partial charge is 0.182 e. The summed E-state index contributed by atoms with van der Waals surface area (Å²) in [7, 11) is 1.67. The Labute approximate surface area is 95.8 Å². The minimum absolute atomic E-state index is 0.796. The van der Waals surface area contributed by atoms with Gasteiger partial charge in [0.2, 0.25) is 0 Å². The first-order valence-corrected chi connectivity index (χ1v) is 5.64. The number of aromatic nitrogens is 2. The molecule has 0 amide bonds. The van der Waals surface area contributed by atoms with Crippen LogP contribution in [0.25, 0.3) is 0 Å². The summed E-state index contributed by atoms with van der Waals surface area (Å²) in [6.45, 7) is 5.99. The molecule has 1 aromatic rings. The number of anilines is 1. The third-order valence-electron chi connectivity index (χ3n) is 2.81. The highest BCUT2D eigenvalue weighted by Gasteiger charge is 2.17. The Morgan fingerprint density at radius 2 is 2.19 bits per heavy atom. The van der Waals surface area contributed by atoms with Gasteiger partial charge in [-0.05, 0) is 19.9 Å². The fourth-order valence-electron chi connectivity index (χ4n) is 1.97.